The smallest absolute Gasteiger partial charge is 0.304 e. The molecule has 168 valence electrons. The largest absolute Gasteiger partial charge is 0.481 e. The number of hydrogen-bond donors (Lipinski definition) is 3. The van der Waals surface area contributed by atoms with E-state index in [1.807, 2.05) is 24.3 Å². The van der Waals surface area contributed by atoms with Crippen LogP contribution < -0.4 is 10.2 Å². The Morgan fingerprint density at radius 3 is 2.56 bits per heavy atom. The fraction of sp³-hybridized carbons (Fsp3) is 0.370. The maximum Gasteiger partial charge on any atom is 0.304 e. The standard InChI is InChI=1S/C27H32N2O3/c1-19(24-9-5-7-20-6-3-4-8-25(20)24)28-22-14-15-29(17-22)23-12-10-21(11-13-23)27(2,18-30)16-26(31)32/h3-13,19,22,28,30H,14-18H2,1-2H3,(H,31,32). The molecule has 0 aromatic heterocycles. The SMILES string of the molecule is CC(NC1CCN(c2ccc(C(C)(CO)CC(=O)O)cc2)C1)c1cccc2ccccc12. The lowest BCUT2D eigenvalue weighted by atomic mass is 9.80. The van der Waals surface area contributed by atoms with Gasteiger partial charge in [0.2, 0.25) is 0 Å². The molecule has 1 aliphatic heterocycles. The van der Waals surface area contributed by atoms with Gasteiger partial charge in [0.1, 0.15) is 0 Å². The molecule has 3 aromatic rings. The zero-order chi connectivity index (χ0) is 22.7. The van der Waals surface area contributed by atoms with E-state index in [0.717, 1.165) is 30.8 Å². The predicted octanol–water partition coefficient (Wildman–Crippen LogP) is 4.49. The Balaban J connectivity index is 1.42. The Labute approximate surface area is 189 Å². The Kier molecular flexibility index (Phi) is 6.49. The summed E-state index contributed by atoms with van der Waals surface area (Å²) in [4.78, 5) is 13.6. The molecular formula is C27H32N2O3. The number of nitrogens with one attached hydrogen (secondary N) is 1. The second-order valence-corrected chi connectivity index (χ2v) is 9.22. The Hall–Kier alpha value is -2.89. The number of carboxylic acids is 1. The first-order chi connectivity index (χ1) is 15.4. The zero-order valence-electron chi connectivity index (χ0n) is 18.8. The van der Waals surface area contributed by atoms with Crippen LogP contribution in [-0.4, -0.2) is 41.9 Å². The van der Waals surface area contributed by atoms with Gasteiger partial charge in [-0.2, -0.15) is 0 Å². The van der Waals surface area contributed by atoms with E-state index >= 15 is 0 Å². The highest BCUT2D eigenvalue weighted by atomic mass is 16.4. The third-order valence-electron chi connectivity index (χ3n) is 6.78. The lowest BCUT2D eigenvalue weighted by molar-refractivity contribution is -0.138. The van der Waals surface area contributed by atoms with Gasteiger partial charge in [0.15, 0.2) is 0 Å². The number of fused-ring (bicyclic) bond motifs is 1. The van der Waals surface area contributed by atoms with Gasteiger partial charge in [0.25, 0.3) is 0 Å². The van der Waals surface area contributed by atoms with Gasteiger partial charge in [-0.1, -0.05) is 61.5 Å². The number of carboxylic acid groups (broad SMARTS) is 1. The molecule has 1 aliphatic rings. The van der Waals surface area contributed by atoms with Crippen LogP contribution in [0.15, 0.2) is 66.7 Å². The van der Waals surface area contributed by atoms with Crippen LogP contribution in [0.25, 0.3) is 10.8 Å². The van der Waals surface area contributed by atoms with Crippen LogP contribution in [0.1, 0.15) is 43.9 Å². The van der Waals surface area contributed by atoms with E-state index < -0.39 is 11.4 Å². The molecule has 3 atom stereocenters. The van der Waals surface area contributed by atoms with Crippen molar-refractivity contribution < 1.29 is 15.0 Å². The third kappa shape index (κ3) is 4.64. The second kappa shape index (κ2) is 9.31. The van der Waals surface area contributed by atoms with E-state index in [4.69, 9.17) is 0 Å². The van der Waals surface area contributed by atoms with Crippen LogP contribution in [0.4, 0.5) is 5.69 Å². The number of aliphatic hydroxyl groups is 1. The topological polar surface area (TPSA) is 72.8 Å². The maximum absolute atomic E-state index is 11.2. The Morgan fingerprint density at radius 2 is 1.84 bits per heavy atom. The van der Waals surface area contributed by atoms with Gasteiger partial charge in [-0.25, -0.2) is 0 Å². The molecule has 0 radical (unpaired) electrons. The summed E-state index contributed by atoms with van der Waals surface area (Å²) in [5.74, 6) is -0.903. The first-order valence-corrected chi connectivity index (χ1v) is 11.3. The minimum absolute atomic E-state index is 0.0926. The maximum atomic E-state index is 11.2. The number of nitrogens with zero attached hydrogens (tertiary/aromatic N) is 1. The van der Waals surface area contributed by atoms with Crippen molar-refractivity contribution in [3.63, 3.8) is 0 Å². The molecule has 1 heterocycles. The predicted molar refractivity (Wildman–Crippen MR) is 129 cm³/mol. The van der Waals surface area contributed by atoms with Crippen molar-refractivity contribution in [1.29, 1.82) is 0 Å². The molecule has 3 aromatic carbocycles. The Morgan fingerprint density at radius 1 is 1.12 bits per heavy atom. The molecule has 3 N–H and O–H groups in total. The first-order valence-electron chi connectivity index (χ1n) is 11.3. The number of hydrogen-bond acceptors (Lipinski definition) is 4. The number of carbonyl (C=O) groups is 1. The zero-order valence-corrected chi connectivity index (χ0v) is 18.8. The van der Waals surface area contributed by atoms with Crippen LogP contribution in [0.2, 0.25) is 0 Å². The van der Waals surface area contributed by atoms with Gasteiger partial charge in [0.05, 0.1) is 13.0 Å². The number of aliphatic hydroxyl groups excluding tert-OH is 1. The molecule has 1 fully saturated rings. The molecular weight excluding hydrogens is 400 g/mol. The van der Waals surface area contributed by atoms with Gasteiger partial charge >= 0.3 is 5.97 Å². The van der Waals surface area contributed by atoms with E-state index in [9.17, 15) is 15.0 Å². The number of rotatable bonds is 8. The monoisotopic (exact) mass is 432 g/mol. The van der Waals surface area contributed by atoms with Gasteiger partial charge in [-0.15, -0.1) is 0 Å². The quantitative estimate of drug-likeness (QED) is 0.489. The molecule has 5 heteroatoms. The average Bonchev–Trinajstić information content (AvgIpc) is 3.26. The molecule has 0 spiro atoms. The van der Waals surface area contributed by atoms with Crippen LogP contribution in [-0.2, 0) is 10.2 Å². The Bertz CT molecular complexity index is 1080. The van der Waals surface area contributed by atoms with Crippen molar-refractivity contribution in [2.75, 3.05) is 24.6 Å². The first kappa shape index (κ1) is 22.3. The average molecular weight is 433 g/mol. The molecule has 4 rings (SSSR count). The fourth-order valence-corrected chi connectivity index (χ4v) is 4.86. The van der Waals surface area contributed by atoms with Crippen molar-refractivity contribution in [2.45, 2.75) is 44.2 Å². The van der Waals surface area contributed by atoms with Gasteiger partial charge in [-0.3, -0.25) is 4.79 Å². The van der Waals surface area contributed by atoms with Crippen molar-refractivity contribution >= 4 is 22.4 Å². The highest BCUT2D eigenvalue weighted by Gasteiger charge is 2.30. The molecule has 5 nitrogen and oxygen atoms in total. The molecule has 0 saturated carbocycles. The van der Waals surface area contributed by atoms with E-state index in [2.05, 4.69) is 59.6 Å². The van der Waals surface area contributed by atoms with Crippen molar-refractivity contribution in [3.05, 3.63) is 77.9 Å². The molecule has 3 unspecified atom stereocenters. The van der Waals surface area contributed by atoms with E-state index in [1.54, 1.807) is 6.92 Å². The summed E-state index contributed by atoms with van der Waals surface area (Å²) >= 11 is 0. The number of anilines is 1. The van der Waals surface area contributed by atoms with Crippen molar-refractivity contribution in [2.24, 2.45) is 0 Å². The second-order valence-electron chi connectivity index (χ2n) is 9.22. The summed E-state index contributed by atoms with van der Waals surface area (Å²) < 4.78 is 0. The van der Waals surface area contributed by atoms with Gasteiger partial charge < -0.3 is 20.4 Å². The molecule has 0 amide bonds. The summed E-state index contributed by atoms with van der Waals surface area (Å²) in [6.07, 6.45) is 0.981. The minimum atomic E-state index is -0.903. The lowest BCUT2D eigenvalue weighted by Crippen LogP contribution is -2.34. The minimum Gasteiger partial charge on any atom is -0.481 e. The molecule has 0 bridgehead atoms. The normalized spacial score (nSPS) is 19.1. The number of benzene rings is 3. The van der Waals surface area contributed by atoms with Crippen molar-refractivity contribution in [3.8, 4) is 0 Å². The third-order valence-corrected chi connectivity index (χ3v) is 6.78. The van der Waals surface area contributed by atoms with Crippen molar-refractivity contribution in [1.82, 2.24) is 5.32 Å². The van der Waals surface area contributed by atoms with E-state index in [0.29, 0.717) is 6.04 Å². The number of aliphatic carboxylic acids is 1. The highest BCUT2D eigenvalue weighted by molar-refractivity contribution is 5.86. The summed E-state index contributed by atoms with van der Waals surface area (Å²) in [6, 6.07) is 23.7. The molecule has 32 heavy (non-hydrogen) atoms. The van der Waals surface area contributed by atoms with Crippen LogP contribution in [0.3, 0.4) is 0 Å². The summed E-state index contributed by atoms with van der Waals surface area (Å²) in [5.41, 5.74) is 2.54. The summed E-state index contributed by atoms with van der Waals surface area (Å²) in [7, 11) is 0. The molecule has 0 aliphatic carbocycles. The van der Waals surface area contributed by atoms with Gasteiger partial charge in [0, 0.05) is 36.3 Å². The fourth-order valence-electron chi connectivity index (χ4n) is 4.86. The van der Waals surface area contributed by atoms with Gasteiger partial charge in [-0.05, 0) is 47.4 Å². The van der Waals surface area contributed by atoms with E-state index in [-0.39, 0.29) is 19.1 Å². The van der Waals surface area contributed by atoms with Crippen LogP contribution in [0, 0.1) is 0 Å². The molecule has 1 saturated heterocycles. The summed E-state index contributed by atoms with van der Waals surface area (Å²) in [6.45, 7) is 5.74. The van der Waals surface area contributed by atoms with E-state index in [1.165, 1.54) is 16.3 Å². The van der Waals surface area contributed by atoms with Crippen LogP contribution >= 0.6 is 0 Å². The highest BCUT2D eigenvalue weighted by Crippen LogP contribution is 2.31. The summed E-state index contributed by atoms with van der Waals surface area (Å²) in [5, 5.41) is 25.3. The van der Waals surface area contributed by atoms with Crippen LogP contribution in [0.5, 0.6) is 0 Å². The lowest BCUT2D eigenvalue weighted by Gasteiger charge is -2.27.